The highest BCUT2D eigenvalue weighted by molar-refractivity contribution is 6.34. The van der Waals surface area contributed by atoms with Crippen molar-refractivity contribution in [2.24, 2.45) is 5.92 Å². The molecule has 3 nitrogen and oxygen atoms in total. The van der Waals surface area contributed by atoms with Gasteiger partial charge in [-0.15, -0.1) is 0 Å². The highest BCUT2D eigenvalue weighted by Gasteiger charge is 2.14. The molecule has 0 amide bonds. The molecule has 0 saturated carbocycles. The van der Waals surface area contributed by atoms with Crippen LogP contribution in [0.5, 0.6) is 5.75 Å². The monoisotopic (exact) mass is 331 g/mol. The number of rotatable bonds is 7. The molecule has 0 aromatic heterocycles. The molecule has 0 bridgehead atoms. The highest BCUT2D eigenvalue weighted by Crippen LogP contribution is 2.27. The third-order valence-electron chi connectivity index (χ3n) is 3.81. The SMILES string of the molecule is CC1CCN(CCOCCOc2cc(Cl)ccc2Cl)CC1. The summed E-state index contributed by atoms with van der Waals surface area (Å²) in [4.78, 5) is 2.47. The Morgan fingerprint density at radius 2 is 1.90 bits per heavy atom. The van der Waals surface area contributed by atoms with Gasteiger partial charge in [0.1, 0.15) is 12.4 Å². The second kappa shape index (κ2) is 8.84. The van der Waals surface area contributed by atoms with Gasteiger partial charge in [-0.05, 0) is 44.0 Å². The third kappa shape index (κ3) is 6.03. The Bertz CT molecular complexity index is 434. The van der Waals surface area contributed by atoms with Crippen LogP contribution in [0.25, 0.3) is 0 Å². The molecule has 1 aromatic rings. The molecule has 2 rings (SSSR count). The van der Waals surface area contributed by atoms with Gasteiger partial charge in [0, 0.05) is 17.6 Å². The molecule has 0 unspecified atom stereocenters. The summed E-state index contributed by atoms with van der Waals surface area (Å²) in [6.45, 7) is 7.51. The summed E-state index contributed by atoms with van der Waals surface area (Å²) in [5, 5.41) is 1.19. The van der Waals surface area contributed by atoms with E-state index in [1.165, 1.54) is 25.9 Å². The van der Waals surface area contributed by atoms with Gasteiger partial charge >= 0.3 is 0 Å². The maximum Gasteiger partial charge on any atom is 0.139 e. The van der Waals surface area contributed by atoms with Gasteiger partial charge in [-0.25, -0.2) is 0 Å². The van der Waals surface area contributed by atoms with Crippen molar-refractivity contribution in [1.29, 1.82) is 0 Å². The number of benzene rings is 1. The fourth-order valence-electron chi connectivity index (χ4n) is 2.38. The summed E-state index contributed by atoms with van der Waals surface area (Å²) in [5.74, 6) is 1.48. The Morgan fingerprint density at radius 1 is 1.14 bits per heavy atom. The molecule has 1 aliphatic heterocycles. The number of ether oxygens (including phenoxy) is 2. The van der Waals surface area contributed by atoms with Crippen molar-refractivity contribution in [2.45, 2.75) is 19.8 Å². The lowest BCUT2D eigenvalue weighted by molar-refractivity contribution is 0.0709. The predicted molar refractivity (Wildman–Crippen MR) is 87.6 cm³/mol. The number of hydrogen-bond acceptors (Lipinski definition) is 3. The quantitative estimate of drug-likeness (QED) is 0.701. The van der Waals surface area contributed by atoms with Crippen LogP contribution in [0.2, 0.25) is 10.0 Å². The first-order valence-electron chi connectivity index (χ1n) is 7.53. The highest BCUT2D eigenvalue weighted by atomic mass is 35.5. The summed E-state index contributed by atoms with van der Waals surface area (Å²) < 4.78 is 11.2. The fourth-order valence-corrected chi connectivity index (χ4v) is 2.71. The van der Waals surface area contributed by atoms with E-state index in [4.69, 9.17) is 32.7 Å². The Balaban J connectivity index is 1.55. The lowest BCUT2D eigenvalue weighted by atomic mass is 9.99. The lowest BCUT2D eigenvalue weighted by Crippen LogP contribution is -2.35. The standard InChI is InChI=1S/C16H23Cl2NO2/c1-13-4-6-19(7-5-13)8-9-20-10-11-21-16-12-14(17)2-3-15(16)18/h2-3,12-13H,4-11H2,1H3. The van der Waals surface area contributed by atoms with Gasteiger partial charge in [0.25, 0.3) is 0 Å². The second-order valence-electron chi connectivity index (χ2n) is 5.56. The molecular formula is C16H23Cl2NO2. The van der Waals surface area contributed by atoms with Crippen molar-refractivity contribution in [1.82, 2.24) is 4.90 Å². The second-order valence-corrected chi connectivity index (χ2v) is 6.40. The minimum absolute atomic E-state index is 0.483. The van der Waals surface area contributed by atoms with Gasteiger partial charge < -0.3 is 14.4 Å². The molecule has 1 saturated heterocycles. The first kappa shape index (κ1) is 16.9. The molecule has 1 heterocycles. The summed E-state index contributed by atoms with van der Waals surface area (Å²) in [5.41, 5.74) is 0. The largest absolute Gasteiger partial charge is 0.490 e. The zero-order valence-corrected chi connectivity index (χ0v) is 14.0. The van der Waals surface area contributed by atoms with E-state index in [0.29, 0.717) is 29.0 Å². The van der Waals surface area contributed by atoms with Gasteiger partial charge in [-0.1, -0.05) is 30.1 Å². The van der Waals surface area contributed by atoms with E-state index in [0.717, 1.165) is 19.1 Å². The number of nitrogens with zero attached hydrogens (tertiary/aromatic N) is 1. The van der Waals surface area contributed by atoms with E-state index in [9.17, 15) is 0 Å². The van der Waals surface area contributed by atoms with Crippen LogP contribution in [0.1, 0.15) is 19.8 Å². The van der Waals surface area contributed by atoms with Crippen molar-refractivity contribution in [2.75, 3.05) is 39.5 Å². The average molecular weight is 332 g/mol. The number of likely N-dealkylation sites (tertiary alicyclic amines) is 1. The van der Waals surface area contributed by atoms with Crippen LogP contribution in [-0.2, 0) is 4.74 Å². The Kier molecular flexibility index (Phi) is 7.11. The van der Waals surface area contributed by atoms with Crippen LogP contribution in [0.4, 0.5) is 0 Å². The molecule has 1 aliphatic rings. The summed E-state index contributed by atoms with van der Waals surface area (Å²) in [6, 6.07) is 5.20. The van der Waals surface area contributed by atoms with E-state index in [1.807, 2.05) is 0 Å². The van der Waals surface area contributed by atoms with Gasteiger partial charge in [-0.3, -0.25) is 0 Å². The molecule has 21 heavy (non-hydrogen) atoms. The Labute approximate surface area is 137 Å². The van der Waals surface area contributed by atoms with Crippen molar-refractivity contribution in [3.05, 3.63) is 28.2 Å². The van der Waals surface area contributed by atoms with Crippen molar-refractivity contribution in [3.8, 4) is 5.75 Å². The van der Waals surface area contributed by atoms with Crippen LogP contribution < -0.4 is 4.74 Å². The van der Waals surface area contributed by atoms with Crippen LogP contribution in [0, 0.1) is 5.92 Å². The van der Waals surface area contributed by atoms with E-state index >= 15 is 0 Å². The molecule has 118 valence electrons. The maximum absolute atomic E-state index is 6.02. The minimum Gasteiger partial charge on any atom is -0.490 e. The molecule has 1 aromatic carbocycles. The predicted octanol–water partition coefficient (Wildman–Crippen LogP) is 4.12. The fraction of sp³-hybridized carbons (Fsp3) is 0.625. The maximum atomic E-state index is 6.02. The molecule has 1 fully saturated rings. The zero-order valence-electron chi connectivity index (χ0n) is 12.5. The van der Waals surface area contributed by atoms with E-state index in [-0.39, 0.29) is 0 Å². The minimum atomic E-state index is 0.483. The van der Waals surface area contributed by atoms with Gasteiger partial charge in [0.2, 0.25) is 0 Å². The smallest absolute Gasteiger partial charge is 0.139 e. The Hall–Kier alpha value is -0.480. The summed E-state index contributed by atoms with van der Waals surface area (Å²) >= 11 is 11.9. The van der Waals surface area contributed by atoms with Crippen LogP contribution >= 0.6 is 23.2 Å². The number of hydrogen-bond donors (Lipinski definition) is 0. The number of halogens is 2. The van der Waals surface area contributed by atoms with E-state index in [2.05, 4.69) is 11.8 Å². The van der Waals surface area contributed by atoms with Gasteiger partial charge in [-0.2, -0.15) is 0 Å². The van der Waals surface area contributed by atoms with Gasteiger partial charge in [0.05, 0.1) is 18.2 Å². The average Bonchev–Trinajstić information content (AvgIpc) is 2.48. The summed E-state index contributed by atoms with van der Waals surface area (Å²) in [7, 11) is 0. The first-order chi connectivity index (χ1) is 10.1. The zero-order chi connectivity index (χ0) is 15.1. The number of piperidine rings is 1. The lowest BCUT2D eigenvalue weighted by Gasteiger charge is -2.29. The van der Waals surface area contributed by atoms with E-state index in [1.54, 1.807) is 18.2 Å². The van der Waals surface area contributed by atoms with Crippen molar-refractivity contribution >= 4 is 23.2 Å². The molecule has 5 heteroatoms. The molecular weight excluding hydrogens is 309 g/mol. The van der Waals surface area contributed by atoms with Crippen LogP contribution in [0.15, 0.2) is 18.2 Å². The molecule has 0 aliphatic carbocycles. The Morgan fingerprint density at radius 3 is 2.67 bits per heavy atom. The molecule has 0 spiro atoms. The van der Waals surface area contributed by atoms with Crippen molar-refractivity contribution < 1.29 is 9.47 Å². The molecule has 0 radical (unpaired) electrons. The molecule has 0 atom stereocenters. The first-order valence-corrected chi connectivity index (χ1v) is 8.28. The molecule has 0 N–H and O–H groups in total. The topological polar surface area (TPSA) is 21.7 Å². The van der Waals surface area contributed by atoms with Crippen LogP contribution in [0.3, 0.4) is 0 Å². The third-order valence-corrected chi connectivity index (χ3v) is 4.35. The van der Waals surface area contributed by atoms with Crippen molar-refractivity contribution in [3.63, 3.8) is 0 Å². The summed E-state index contributed by atoms with van der Waals surface area (Å²) in [6.07, 6.45) is 2.60. The normalized spacial score (nSPS) is 17.1. The van der Waals surface area contributed by atoms with E-state index < -0.39 is 0 Å². The van der Waals surface area contributed by atoms with Gasteiger partial charge in [0.15, 0.2) is 0 Å². The van der Waals surface area contributed by atoms with Crippen LogP contribution in [-0.4, -0.2) is 44.4 Å².